The van der Waals surface area contributed by atoms with Crippen molar-refractivity contribution in [2.75, 3.05) is 13.2 Å². The van der Waals surface area contributed by atoms with Crippen LogP contribution in [0.2, 0.25) is 0 Å². The molecule has 34 heavy (non-hydrogen) atoms. The number of nitrogens with one attached hydrogen (secondary N) is 3. The van der Waals surface area contributed by atoms with Gasteiger partial charge in [-0.05, 0) is 23.1 Å². The Hall–Kier alpha value is -3.88. The Labute approximate surface area is 198 Å². The molecule has 9 nitrogen and oxygen atoms in total. The maximum Gasteiger partial charge on any atom is 0.408 e. The molecule has 0 fully saturated rings. The van der Waals surface area contributed by atoms with Gasteiger partial charge < -0.3 is 25.4 Å². The second kappa shape index (κ2) is 11.8. The molecule has 0 saturated carbocycles. The van der Waals surface area contributed by atoms with Gasteiger partial charge in [-0.2, -0.15) is 0 Å². The number of fused-ring (bicyclic) bond motifs is 1. The molecule has 3 N–H and O–H groups in total. The van der Waals surface area contributed by atoms with Gasteiger partial charge in [0.05, 0.1) is 6.54 Å². The Morgan fingerprint density at radius 1 is 1.09 bits per heavy atom. The molecule has 1 aliphatic rings. The van der Waals surface area contributed by atoms with E-state index in [1.54, 1.807) is 38.1 Å². The smallest absolute Gasteiger partial charge is 0.408 e. The van der Waals surface area contributed by atoms with Crippen molar-refractivity contribution in [1.82, 2.24) is 16.0 Å². The number of hydrogen-bond donors (Lipinski definition) is 3. The minimum Gasteiger partial charge on any atom is -0.491 e. The van der Waals surface area contributed by atoms with Crippen molar-refractivity contribution in [3.63, 3.8) is 0 Å². The average molecular weight is 468 g/mol. The van der Waals surface area contributed by atoms with Gasteiger partial charge in [0.2, 0.25) is 11.7 Å². The summed E-state index contributed by atoms with van der Waals surface area (Å²) >= 11 is 0. The first-order chi connectivity index (χ1) is 16.3. The zero-order chi connectivity index (χ0) is 24.5. The van der Waals surface area contributed by atoms with E-state index in [4.69, 9.17) is 9.47 Å². The number of rotatable bonds is 6. The first kappa shape index (κ1) is 24.8. The van der Waals surface area contributed by atoms with E-state index in [1.165, 1.54) is 0 Å². The molecule has 2 aromatic carbocycles. The van der Waals surface area contributed by atoms with Crippen molar-refractivity contribution in [3.05, 3.63) is 65.7 Å². The Morgan fingerprint density at radius 3 is 2.53 bits per heavy atom. The first-order valence-electron chi connectivity index (χ1n) is 11.2. The third-order valence-electron chi connectivity index (χ3n) is 5.33. The highest BCUT2D eigenvalue weighted by Crippen LogP contribution is 2.20. The van der Waals surface area contributed by atoms with Gasteiger partial charge in [0.1, 0.15) is 31.0 Å². The number of ether oxygens (including phenoxy) is 2. The number of Topliss-reactive ketones (excluding diaryl/α,β-unsaturated/α-hetero) is 1. The monoisotopic (exact) mass is 467 g/mol. The fourth-order valence-electron chi connectivity index (χ4n) is 3.50. The van der Waals surface area contributed by atoms with E-state index in [0.29, 0.717) is 11.3 Å². The van der Waals surface area contributed by atoms with Crippen LogP contribution in [0.4, 0.5) is 4.79 Å². The molecule has 0 aromatic heterocycles. The standard InChI is InChI=1S/C25H29N3O6/c1-16(2)21(28-25(32)34-15-17-8-4-3-5-9-17)23(30)27-19-14-18-10-6-7-11-20(18)33-13-12-26-24(31)22(19)29/h3-11,16,19,21H,12-15H2,1-2H3,(H,26,31)(H,27,30)(H,28,32). The van der Waals surface area contributed by atoms with Crippen LogP contribution in [0.1, 0.15) is 25.0 Å². The number of carbonyl (C=O) groups is 4. The van der Waals surface area contributed by atoms with Crippen LogP contribution in [0.5, 0.6) is 5.75 Å². The largest absolute Gasteiger partial charge is 0.491 e. The van der Waals surface area contributed by atoms with Gasteiger partial charge in [0, 0.05) is 6.42 Å². The molecule has 0 spiro atoms. The topological polar surface area (TPSA) is 123 Å². The molecule has 2 aromatic rings. The molecule has 2 unspecified atom stereocenters. The summed E-state index contributed by atoms with van der Waals surface area (Å²) in [5.41, 5.74) is 1.49. The molecule has 0 saturated heterocycles. The van der Waals surface area contributed by atoms with Crippen molar-refractivity contribution in [2.45, 2.75) is 39.0 Å². The van der Waals surface area contributed by atoms with Crippen molar-refractivity contribution in [1.29, 1.82) is 0 Å². The number of hydrogen-bond acceptors (Lipinski definition) is 6. The number of benzene rings is 2. The highest BCUT2D eigenvalue weighted by atomic mass is 16.5. The maximum absolute atomic E-state index is 13.1. The molecule has 1 aliphatic heterocycles. The Balaban J connectivity index is 1.70. The van der Waals surface area contributed by atoms with E-state index in [-0.39, 0.29) is 32.1 Å². The number of ketones is 1. The van der Waals surface area contributed by atoms with E-state index in [2.05, 4.69) is 16.0 Å². The lowest BCUT2D eigenvalue weighted by Gasteiger charge is -2.25. The molecule has 0 aliphatic carbocycles. The van der Waals surface area contributed by atoms with Gasteiger partial charge in [-0.25, -0.2) is 4.79 Å². The van der Waals surface area contributed by atoms with Crippen LogP contribution in [0.3, 0.4) is 0 Å². The highest BCUT2D eigenvalue weighted by Gasteiger charge is 2.32. The van der Waals surface area contributed by atoms with Crippen molar-refractivity contribution < 1.29 is 28.7 Å². The fraction of sp³-hybridized carbons (Fsp3) is 0.360. The van der Waals surface area contributed by atoms with Gasteiger partial charge in [-0.3, -0.25) is 14.4 Å². The summed E-state index contributed by atoms with van der Waals surface area (Å²) < 4.78 is 10.9. The average Bonchev–Trinajstić information content (AvgIpc) is 2.83. The Bertz CT molecular complexity index is 1020. The zero-order valence-corrected chi connectivity index (χ0v) is 19.2. The normalized spacial score (nSPS) is 17.0. The minimum atomic E-state index is -1.13. The fourth-order valence-corrected chi connectivity index (χ4v) is 3.50. The van der Waals surface area contributed by atoms with Crippen LogP contribution in [-0.2, 0) is 32.1 Å². The summed E-state index contributed by atoms with van der Waals surface area (Å²) in [7, 11) is 0. The molecule has 3 amide bonds. The molecule has 2 atom stereocenters. The molecule has 0 radical (unpaired) electrons. The lowest BCUT2D eigenvalue weighted by atomic mass is 9.98. The third kappa shape index (κ3) is 6.81. The maximum atomic E-state index is 13.1. The molecule has 1 heterocycles. The van der Waals surface area contributed by atoms with Gasteiger partial charge in [0.25, 0.3) is 5.91 Å². The minimum absolute atomic E-state index is 0.0528. The predicted molar refractivity (Wildman–Crippen MR) is 124 cm³/mol. The summed E-state index contributed by atoms with van der Waals surface area (Å²) in [6.07, 6.45) is -0.691. The number of para-hydroxylation sites is 1. The molecule has 180 valence electrons. The highest BCUT2D eigenvalue weighted by molar-refractivity contribution is 6.38. The van der Waals surface area contributed by atoms with Crippen LogP contribution in [0.15, 0.2) is 54.6 Å². The second-order valence-corrected chi connectivity index (χ2v) is 8.27. The van der Waals surface area contributed by atoms with Crippen LogP contribution < -0.4 is 20.7 Å². The van der Waals surface area contributed by atoms with Gasteiger partial charge >= 0.3 is 6.09 Å². The summed E-state index contributed by atoms with van der Waals surface area (Å²) in [5, 5.41) is 7.70. The quantitative estimate of drug-likeness (QED) is 0.556. The Kier molecular flexibility index (Phi) is 8.61. The van der Waals surface area contributed by atoms with Crippen LogP contribution in [0, 0.1) is 5.92 Å². The second-order valence-electron chi connectivity index (χ2n) is 8.27. The predicted octanol–water partition coefficient (Wildman–Crippen LogP) is 1.74. The van der Waals surface area contributed by atoms with Crippen LogP contribution in [-0.4, -0.2) is 48.9 Å². The van der Waals surface area contributed by atoms with E-state index in [1.807, 2.05) is 30.3 Å². The molecular formula is C25H29N3O6. The Morgan fingerprint density at radius 2 is 1.79 bits per heavy atom. The lowest BCUT2D eigenvalue weighted by molar-refractivity contribution is -0.140. The molecule has 3 rings (SSSR count). The van der Waals surface area contributed by atoms with E-state index >= 15 is 0 Å². The zero-order valence-electron chi connectivity index (χ0n) is 19.2. The van der Waals surface area contributed by atoms with Gasteiger partial charge in [0.15, 0.2) is 0 Å². The van der Waals surface area contributed by atoms with E-state index < -0.39 is 35.8 Å². The van der Waals surface area contributed by atoms with Crippen molar-refractivity contribution in [3.8, 4) is 5.75 Å². The summed E-state index contributed by atoms with van der Waals surface area (Å²) in [6, 6.07) is 14.2. The van der Waals surface area contributed by atoms with Crippen LogP contribution in [0.25, 0.3) is 0 Å². The number of carbonyl (C=O) groups excluding carboxylic acids is 4. The molecular weight excluding hydrogens is 438 g/mol. The number of amides is 3. The number of alkyl carbamates (subject to hydrolysis) is 1. The molecule has 0 bridgehead atoms. The van der Waals surface area contributed by atoms with Crippen molar-refractivity contribution >= 4 is 23.7 Å². The third-order valence-corrected chi connectivity index (χ3v) is 5.33. The summed E-state index contributed by atoms with van der Waals surface area (Å²) in [6.45, 7) is 3.94. The summed E-state index contributed by atoms with van der Waals surface area (Å²) in [5.74, 6) is -1.88. The summed E-state index contributed by atoms with van der Waals surface area (Å²) in [4.78, 5) is 50.5. The lowest BCUT2D eigenvalue weighted by Crippen LogP contribution is -2.56. The first-order valence-corrected chi connectivity index (χ1v) is 11.2. The van der Waals surface area contributed by atoms with Crippen LogP contribution >= 0.6 is 0 Å². The van der Waals surface area contributed by atoms with E-state index in [9.17, 15) is 19.2 Å². The SMILES string of the molecule is CC(C)C(NC(=O)OCc1ccccc1)C(=O)NC1Cc2ccccc2OCCNC(=O)C1=O. The van der Waals surface area contributed by atoms with Gasteiger partial charge in [-0.1, -0.05) is 62.4 Å². The van der Waals surface area contributed by atoms with Crippen molar-refractivity contribution in [2.24, 2.45) is 5.92 Å². The van der Waals surface area contributed by atoms with Gasteiger partial charge in [-0.15, -0.1) is 0 Å². The van der Waals surface area contributed by atoms with E-state index in [0.717, 1.165) is 5.56 Å². The molecule has 9 heteroatoms.